The van der Waals surface area contributed by atoms with E-state index in [1.165, 1.54) is 13.5 Å². The number of ether oxygens (including phenoxy) is 1. The highest BCUT2D eigenvalue weighted by molar-refractivity contribution is 7.89. The summed E-state index contributed by atoms with van der Waals surface area (Å²) in [5, 5.41) is 9.07. The Hall–Kier alpha value is -0.660. The molecule has 0 radical (unpaired) electrons. The molecule has 0 aromatic rings. The van der Waals surface area contributed by atoms with Gasteiger partial charge in [-0.2, -0.15) is 0 Å². The summed E-state index contributed by atoms with van der Waals surface area (Å²) in [4.78, 5) is 11.1. The van der Waals surface area contributed by atoms with Crippen molar-refractivity contribution in [3.8, 4) is 0 Å². The van der Waals surface area contributed by atoms with Crippen LogP contribution in [0.5, 0.6) is 0 Å². The molecule has 0 aromatic heterocycles. The second-order valence-electron chi connectivity index (χ2n) is 5.43. The van der Waals surface area contributed by atoms with Crippen molar-refractivity contribution in [3.05, 3.63) is 0 Å². The van der Waals surface area contributed by atoms with E-state index in [9.17, 15) is 13.2 Å². The van der Waals surface area contributed by atoms with Crippen LogP contribution in [0.3, 0.4) is 0 Å². The zero-order valence-corrected chi connectivity index (χ0v) is 12.8. The van der Waals surface area contributed by atoms with Crippen molar-refractivity contribution < 1.29 is 23.1 Å². The van der Waals surface area contributed by atoms with E-state index in [0.29, 0.717) is 13.0 Å². The molecule has 118 valence electrons. The van der Waals surface area contributed by atoms with Gasteiger partial charge in [0.1, 0.15) is 6.04 Å². The van der Waals surface area contributed by atoms with Gasteiger partial charge in [0.2, 0.25) is 10.0 Å². The zero-order chi connectivity index (χ0) is 15.0. The second kappa shape index (κ2) is 8.59. The Labute approximate surface area is 120 Å². The predicted octanol–water partition coefficient (Wildman–Crippen LogP) is 1.37. The smallest absolute Gasteiger partial charge is 0.321 e. The van der Waals surface area contributed by atoms with Crippen LogP contribution >= 0.6 is 0 Å². The van der Waals surface area contributed by atoms with Gasteiger partial charge in [-0.15, -0.1) is 0 Å². The van der Waals surface area contributed by atoms with Gasteiger partial charge >= 0.3 is 5.97 Å². The van der Waals surface area contributed by atoms with Crippen LogP contribution in [0.2, 0.25) is 0 Å². The maximum absolute atomic E-state index is 12.0. The maximum atomic E-state index is 12.0. The first-order valence-corrected chi connectivity index (χ1v) is 8.81. The van der Waals surface area contributed by atoms with Crippen molar-refractivity contribution in [1.82, 2.24) is 4.72 Å². The molecule has 7 heteroatoms. The van der Waals surface area contributed by atoms with Gasteiger partial charge < -0.3 is 9.84 Å². The number of carbonyl (C=O) groups is 1. The summed E-state index contributed by atoms with van der Waals surface area (Å²) >= 11 is 0. The number of rotatable bonds is 9. The van der Waals surface area contributed by atoms with Gasteiger partial charge in [0.15, 0.2) is 0 Å². The van der Waals surface area contributed by atoms with Gasteiger partial charge in [-0.3, -0.25) is 4.79 Å². The SMILES string of the molecule is COCCCC(NS(=O)(=O)CC1CCCCC1)C(=O)O. The van der Waals surface area contributed by atoms with E-state index in [-0.39, 0.29) is 18.1 Å². The summed E-state index contributed by atoms with van der Waals surface area (Å²) in [5.41, 5.74) is 0. The third-order valence-corrected chi connectivity index (χ3v) is 5.19. The molecule has 1 rings (SSSR count). The Kier molecular flexibility index (Phi) is 7.47. The number of hydrogen-bond donors (Lipinski definition) is 2. The molecule has 0 amide bonds. The first-order chi connectivity index (χ1) is 9.44. The summed E-state index contributed by atoms with van der Waals surface area (Å²) in [7, 11) is -2.00. The Morgan fingerprint density at radius 3 is 2.55 bits per heavy atom. The van der Waals surface area contributed by atoms with E-state index in [0.717, 1.165) is 25.7 Å². The first-order valence-electron chi connectivity index (χ1n) is 7.16. The van der Waals surface area contributed by atoms with Crippen molar-refractivity contribution in [2.45, 2.75) is 51.0 Å². The Balaban J connectivity index is 2.49. The van der Waals surface area contributed by atoms with E-state index in [4.69, 9.17) is 9.84 Å². The van der Waals surface area contributed by atoms with E-state index < -0.39 is 22.0 Å². The van der Waals surface area contributed by atoms with E-state index in [2.05, 4.69) is 4.72 Å². The fourth-order valence-electron chi connectivity index (χ4n) is 2.59. The number of nitrogens with one attached hydrogen (secondary N) is 1. The lowest BCUT2D eigenvalue weighted by atomic mass is 9.91. The summed E-state index contributed by atoms with van der Waals surface area (Å²) in [6.45, 7) is 0.425. The highest BCUT2D eigenvalue weighted by atomic mass is 32.2. The average Bonchev–Trinajstić information content (AvgIpc) is 2.38. The third kappa shape index (κ3) is 6.67. The highest BCUT2D eigenvalue weighted by Crippen LogP contribution is 2.24. The molecule has 0 aliphatic heterocycles. The second-order valence-corrected chi connectivity index (χ2v) is 7.23. The minimum atomic E-state index is -3.53. The van der Waals surface area contributed by atoms with Gasteiger partial charge in [-0.05, 0) is 31.6 Å². The van der Waals surface area contributed by atoms with Crippen molar-refractivity contribution in [3.63, 3.8) is 0 Å². The van der Waals surface area contributed by atoms with Gasteiger partial charge in [-0.1, -0.05) is 19.3 Å². The number of carboxylic acid groups (broad SMARTS) is 1. The fourth-order valence-corrected chi connectivity index (χ4v) is 4.30. The summed E-state index contributed by atoms with van der Waals surface area (Å²) in [6.07, 6.45) is 5.89. The Bertz CT molecular complexity index is 390. The molecule has 0 saturated heterocycles. The normalized spacial score (nSPS) is 18.9. The molecule has 1 saturated carbocycles. The first kappa shape index (κ1) is 17.4. The fraction of sp³-hybridized carbons (Fsp3) is 0.923. The van der Waals surface area contributed by atoms with Crippen LogP contribution in [0.25, 0.3) is 0 Å². The molecule has 1 atom stereocenters. The van der Waals surface area contributed by atoms with Gasteiger partial charge in [0.25, 0.3) is 0 Å². The molecular formula is C13H25NO5S. The number of carboxylic acids is 1. The van der Waals surface area contributed by atoms with Gasteiger partial charge in [-0.25, -0.2) is 13.1 Å². The third-order valence-electron chi connectivity index (χ3n) is 3.64. The lowest BCUT2D eigenvalue weighted by molar-refractivity contribution is -0.139. The lowest BCUT2D eigenvalue weighted by Gasteiger charge is -2.22. The summed E-state index contributed by atoms with van der Waals surface area (Å²) in [5.74, 6) is -0.927. The largest absolute Gasteiger partial charge is 0.480 e. The molecule has 20 heavy (non-hydrogen) atoms. The maximum Gasteiger partial charge on any atom is 0.321 e. The topological polar surface area (TPSA) is 92.7 Å². The van der Waals surface area contributed by atoms with Crippen LogP contribution < -0.4 is 4.72 Å². The zero-order valence-electron chi connectivity index (χ0n) is 12.0. The molecule has 0 bridgehead atoms. The minimum Gasteiger partial charge on any atom is -0.480 e. The van der Waals surface area contributed by atoms with Crippen LogP contribution in [0.4, 0.5) is 0 Å². The molecular weight excluding hydrogens is 282 g/mol. The van der Waals surface area contributed by atoms with Gasteiger partial charge in [0, 0.05) is 13.7 Å². The molecule has 2 N–H and O–H groups in total. The standard InChI is InChI=1S/C13H25NO5S/c1-19-9-5-8-12(13(15)16)14-20(17,18)10-11-6-3-2-4-7-11/h11-12,14H,2-10H2,1H3,(H,15,16). The van der Waals surface area contributed by atoms with Crippen molar-refractivity contribution in [1.29, 1.82) is 0 Å². The number of methoxy groups -OCH3 is 1. The molecule has 1 aliphatic rings. The molecule has 0 heterocycles. The Morgan fingerprint density at radius 2 is 2.00 bits per heavy atom. The van der Waals surface area contributed by atoms with Crippen LogP contribution in [-0.4, -0.2) is 45.0 Å². The number of aliphatic carboxylic acids is 1. The van der Waals surface area contributed by atoms with Crippen LogP contribution in [0.15, 0.2) is 0 Å². The van der Waals surface area contributed by atoms with Crippen LogP contribution in [0.1, 0.15) is 44.9 Å². The number of sulfonamides is 1. The van der Waals surface area contributed by atoms with Crippen molar-refractivity contribution in [2.75, 3.05) is 19.5 Å². The Morgan fingerprint density at radius 1 is 1.35 bits per heavy atom. The lowest BCUT2D eigenvalue weighted by Crippen LogP contribution is -2.43. The molecule has 1 aliphatic carbocycles. The van der Waals surface area contributed by atoms with Crippen LogP contribution in [-0.2, 0) is 19.6 Å². The van der Waals surface area contributed by atoms with Crippen molar-refractivity contribution in [2.24, 2.45) is 5.92 Å². The van der Waals surface area contributed by atoms with E-state index in [1.807, 2.05) is 0 Å². The molecule has 6 nitrogen and oxygen atoms in total. The quantitative estimate of drug-likeness (QED) is 0.628. The monoisotopic (exact) mass is 307 g/mol. The minimum absolute atomic E-state index is 0.0427. The summed E-state index contributed by atoms with van der Waals surface area (Å²) < 4.78 is 31.3. The number of hydrogen-bond acceptors (Lipinski definition) is 4. The average molecular weight is 307 g/mol. The highest BCUT2D eigenvalue weighted by Gasteiger charge is 2.27. The molecule has 1 fully saturated rings. The van der Waals surface area contributed by atoms with E-state index in [1.54, 1.807) is 0 Å². The van der Waals surface area contributed by atoms with Crippen LogP contribution in [0, 0.1) is 5.92 Å². The predicted molar refractivity (Wildman–Crippen MR) is 76.0 cm³/mol. The van der Waals surface area contributed by atoms with Gasteiger partial charge in [0.05, 0.1) is 5.75 Å². The van der Waals surface area contributed by atoms with Crippen molar-refractivity contribution >= 4 is 16.0 Å². The molecule has 1 unspecified atom stereocenters. The molecule has 0 spiro atoms. The molecule has 0 aromatic carbocycles. The van der Waals surface area contributed by atoms with E-state index >= 15 is 0 Å². The summed E-state index contributed by atoms with van der Waals surface area (Å²) in [6, 6.07) is -1.06.